The smallest absolute Gasteiger partial charge is 0.352 e. The van der Waals surface area contributed by atoms with E-state index < -0.39 is 23.4 Å². The van der Waals surface area contributed by atoms with E-state index in [1.54, 1.807) is 12.1 Å². The van der Waals surface area contributed by atoms with E-state index in [9.17, 15) is 19.1 Å². The summed E-state index contributed by atoms with van der Waals surface area (Å²) in [5.74, 6) is -2.16. The summed E-state index contributed by atoms with van der Waals surface area (Å²) >= 11 is 0. The predicted molar refractivity (Wildman–Crippen MR) is 93.6 cm³/mol. The van der Waals surface area contributed by atoms with Gasteiger partial charge in [0.25, 0.3) is 5.91 Å². The first-order chi connectivity index (χ1) is 12.5. The first kappa shape index (κ1) is 17.2. The maximum absolute atomic E-state index is 13.7. The maximum Gasteiger partial charge on any atom is 0.352 e. The zero-order chi connectivity index (χ0) is 18.5. The average molecular weight is 351 g/mol. The van der Waals surface area contributed by atoms with Crippen LogP contribution >= 0.6 is 0 Å². The van der Waals surface area contributed by atoms with Crippen molar-refractivity contribution in [3.05, 3.63) is 89.6 Å². The van der Waals surface area contributed by atoms with E-state index in [0.717, 1.165) is 11.6 Å². The molecule has 2 aromatic carbocycles. The number of carbonyl (C=O) groups is 2. The highest BCUT2D eigenvalue weighted by molar-refractivity contribution is 6.02. The highest BCUT2D eigenvalue weighted by Gasteiger charge is 2.17. The van der Waals surface area contributed by atoms with E-state index in [1.807, 2.05) is 30.3 Å². The molecule has 26 heavy (non-hydrogen) atoms. The standard InChI is InChI=1S/C20H14FNO4/c21-16-9-5-4-8-15(16)19(23)22-17(20(24)25)12-14-10-11-18(26-14)13-6-2-1-3-7-13/h1-12H,(H,22,23)(H,24,25)/b17-12+. The molecule has 1 heterocycles. The summed E-state index contributed by atoms with van der Waals surface area (Å²) < 4.78 is 19.3. The molecule has 0 fully saturated rings. The Balaban J connectivity index is 1.84. The SMILES string of the molecule is O=C(O)/C(=C\c1ccc(-c2ccccc2)o1)NC(=O)c1ccccc1F. The molecule has 0 aliphatic rings. The van der Waals surface area contributed by atoms with Crippen LogP contribution in [-0.4, -0.2) is 17.0 Å². The van der Waals surface area contributed by atoms with Crippen LogP contribution in [0.5, 0.6) is 0 Å². The Bertz CT molecular complexity index is 976. The van der Waals surface area contributed by atoms with E-state index in [2.05, 4.69) is 5.32 Å². The molecule has 0 atom stereocenters. The number of halogens is 1. The van der Waals surface area contributed by atoms with Crippen molar-refractivity contribution in [2.45, 2.75) is 0 Å². The summed E-state index contributed by atoms with van der Waals surface area (Å²) in [6.07, 6.45) is 1.17. The first-order valence-corrected chi connectivity index (χ1v) is 7.71. The van der Waals surface area contributed by atoms with Crippen LogP contribution < -0.4 is 5.32 Å². The summed E-state index contributed by atoms with van der Waals surface area (Å²) in [7, 11) is 0. The lowest BCUT2D eigenvalue weighted by Crippen LogP contribution is -2.27. The number of hydrogen-bond donors (Lipinski definition) is 2. The van der Waals surface area contributed by atoms with Gasteiger partial charge in [0.15, 0.2) is 0 Å². The van der Waals surface area contributed by atoms with E-state index in [-0.39, 0.29) is 11.3 Å². The molecule has 0 unspecified atom stereocenters. The van der Waals surface area contributed by atoms with E-state index in [4.69, 9.17) is 4.42 Å². The van der Waals surface area contributed by atoms with Crippen LogP contribution in [0, 0.1) is 5.82 Å². The molecule has 0 saturated heterocycles. The quantitative estimate of drug-likeness (QED) is 0.683. The molecule has 5 nitrogen and oxygen atoms in total. The van der Waals surface area contributed by atoms with Crippen molar-refractivity contribution in [1.82, 2.24) is 5.32 Å². The van der Waals surface area contributed by atoms with Crippen LogP contribution in [0.2, 0.25) is 0 Å². The monoisotopic (exact) mass is 351 g/mol. The van der Waals surface area contributed by atoms with Crippen LogP contribution in [-0.2, 0) is 4.79 Å². The van der Waals surface area contributed by atoms with Crippen LogP contribution in [0.1, 0.15) is 16.1 Å². The number of benzene rings is 2. The fourth-order valence-electron chi connectivity index (χ4n) is 2.32. The van der Waals surface area contributed by atoms with Crippen molar-refractivity contribution in [2.75, 3.05) is 0 Å². The van der Waals surface area contributed by atoms with Gasteiger partial charge in [0.05, 0.1) is 5.56 Å². The van der Waals surface area contributed by atoms with Gasteiger partial charge in [0.2, 0.25) is 0 Å². The summed E-state index contributed by atoms with van der Waals surface area (Å²) in [5, 5.41) is 11.5. The van der Waals surface area contributed by atoms with E-state index in [0.29, 0.717) is 5.76 Å². The van der Waals surface area contributed by atoms with Gasteiger partial charge in [0, 0.05) is 11.6 Å². The Labute approximate surface area is 148 Å². The zero-order valence-corrected chi connectivity index (χ0v) is 13.5. The summed E-state index contributed by atoms with van der Waals surface area (Å²) in [5.41, 5.74) is 0.163. The van der Waals surface area contributed by atoms with Gasteiger partial charge in [-0.25, -0.2) is 9.18 Å². The van der Waals surface area contributed by atoms with Gasteiger partial charge >= 0.3 is 5.97 Å². The van der Waals surface area contributed by atoms with Gasteiger partial charge in [-0.3, -0.25) is 4.79 Å². The van der Waals surface area contributed by atoms with Gasteiger partial charge < -0.3 is 14.8 Å². The minimum absolute atomic E-state index is 0.245. The van der Waals surface area contributed by atoms with Crippen molar-refractivity contribution in [1.29, 1.82) is 0 Å². The fraction of sp³-hybridized carbons (Fsp3) is 0. The van der Waals surface area contributed by atoms with Gasteiger partial charge in [-0.2, -0.15) is 0 Å². The Hall–Kier alpha value is -3.67. The lowest BCUT2D eigenvalue weighted by molar-refractivity contribution is -0.132. The molecule has 1 amide bonds. The van der Waals surface area contributed by atoms with Crippen LogP contribution in [0.4, 0.5) is 4.39 Å². The highest BCUT2D eigenvalue weighted by atomic mass is 19.1. The van der Waals surface area contributed by atoms with Gasteiger partial charge in [-0.05, 0) is 24.3 Å². The molecular formula is C20H14FNO4. The number of hydrogen-bond acceptors (Lipinski definition) is 3. The normalized spacial score (nSPS) is 11.2. The largest absolute Gasteiger partial charge is 0.477 e. The van der Waals surface area contributed by atoms with Gasteiger partial charge in [-0.15, -0.1) is 0 Å². The topological polar surface area (TPSA) is 79.5 Å². The summed E-state index contributed by atoms with van der Waals surface area (Å²) in [6.45, 7) is 0. The Kier molecular flexibility index (Phi) is 4.94. The molecule has 2 N–H and O–H groups in total. The Morgan fingerprint density at radius 2 is 1.65 bits per heavy atom. The number of furan rings is 1. The molecule has 0 aliphatic carbocycles. The third kappa shape index (κ3) is 3.87. The minimum Gasteiger partial charge on any atom is -0.477 e. The molecule has 0 radical (unpaired) electrons. The Morgan fingerprint density at radius 1 is 0.962 bits per heavy atom. The minimum atomic E-state index is -1.37. The maximum atomic E-state index is 13.7. The van der Waals surface area contributed by atoms with Crippen LogP contribution in [0.15, 0.2) is 76.8 Å². The summed E-state index contributed by atoms with van der Waals surface area (Å²) in [6, 6.07) is 17.9. The third-order valence-corrected chi connectivity index (χ3v) is 3.57. The number of aliphatic carboxylic acids is 1. The number of amides is 1. The number of nitrogens with one attached hydrogen (secondary N) is 1. The molecule has 6 heteroatoms. The zero-order valence-electron chi connectivity index (χ0n) is 13.5. The van der Waals surface area contributed by atoms with Crippen molar-refractivity contribution >= 4 is 18.0 Å². The van der Waals surface area contributed by atoms with Gasteiger partial charge in [0.1, 0.15) is 23.0 Å². The second-order valence-electron chi connectivity index (χ2n) is 5.37. The molecular weight excluding hydrogens is 337 g/mol. The molecule has 1 aromatic heterocycles. The molecule has 0 saturated carbocycles. The second kappa shape index (κ2) is 7.48. The van der Waals surface area contributed by atoms with Crippen LogP contribution in [0.3, 0.4) is 0 Å². The summed E-state index contributed by atoms with van der Waals surface area (Å²) in [4.78, 5) is 23.5. The molecule has 3 aromatic rings. The fourth-order valence-corrected chi connectivity index (χ4v) is 2.32. The van der Waals surface area contributed by atoms with Crippen molar-refractivity contribution in [3.63, 3.8) is 0 Å². The second-order valence-corrected chi connectivity index (χ2v) is 5.37. The number of rotatable bonds is 5. The van der Waals surface area contributed by atoms with Crippen LogP contribution in [0.25, 0.3) is 17.4 Å². The molecule has 0 spiro atoms. The molecule has 130 valence electrons. The highest BCUT2D eigenvalue weighted by Crippen LogP contribution is 2.23. The van der Waals surface area contributed by atoms with Crippen molar-refractivity contribution in [2.24, 2.45) is 0 Å². The predicted octanol–water partition coefficient (Wildman–Crippen LogP) is 3.94. The Morgan fingerprint density at radius 3 is 2.35 bits per heavy atom. The van der Waals surface area contributed by atoms with Crippen molar-refractivity contribution in [3.8, 4) is 11.3 Å². The van der Waals surface area contributed by atoms with Crippen molar-refractivity contribution < 1.29 is 23.5 Å². The molecule has 0 bridgehead atoms. The number of carboxylic acid groups (broad SMARTS) is 1. The third-order valence-electron chi connectivity index (χ3n) is 3.57. The molecule has 3 rings (SSSR count). The van der Waals surface area contributed by atoms with E-state index in [1.165, 1.54) is 24.3 Å². The van der Waals surface area contributed by atoms with Gasteiger partial charge in [-0.1, -0.05) is 42.5 Å². The van der Waals surface area contributed by atoms with E-state index >= 15 is 0 Å². The lowest BCUT2D eigenvalue weighted by atomic mass is 10.2. The number of carboxylic acids is 1. The lowest BCUT2D eigenvalue weighted by Gasteiger charge is -2.06. The first-order valence-electron chi connectivity index (χ1n) is 7.71. The average Bonchev–Trinajstić information content (AvgIpc) is 3.11. The number of carbonyl (C=O) groups excluding carboxylic acids is 1. The molecule has 0 aliphatic heterocycles.